The fourth-order valence-electron chi connectivity index (χ4n) is 3.08. The molecular formula is C23H25N3O4S. The maximum Gasteiger partial charge on any atom is 0.331 e. The molecule has 0 saturated heterocycles. The molecule has 0 bridgehead atoms. The minimum absolute atomic E-state index is 0.0266. The van der Waals surface area contributed by atoms with Crippen molar-refractivity contribution in [2.45, 2.75) is 25.3 Å². The van der Waals surface area contributed by atoms with Crippen LogP contribution >= 0.6 is 0 Å². The molecule has 31 heavy (non-hydrogen) atoms. The highest BCUT2D eigenvalue weighted by Crippen LogP contribution is 2.19. The molecule has 1 heterocycles. The summed E-state index contributed by atoms with van der Waals surface area (Å²) < 4.78 is 32.8. The lowest BCUT2D eigenvalue weighted by atomic mass is 10.2. The number of esters is 1. The molecule has 0 N–H and O–H groups in total. The van der Waals surface area contributed by atoms with Crippen molar-refractivity contribution in [2.75, 3.05) is 14.1 Å². The van der Waals surface area contributed by atoms with E-state index in [0.29, 0.717) is 5.56 Å². The fourth-order valence-corrected chi connectivity index (χ4v) is 4.05. The molecular weight excluding hydrogens is 414 g/mol. The molecule has 8 heteroatoms. The predicted octanol–water partition coefficient (Wildman–Crippen LogP) is 3.50. The SMILES string of the molecule is Cc1nn(-c2ccccc2)c(C)c1/C=C/C(=O)OCc1cccc(S(=O)(=O)N(C)C)c1. The van der Waals surface area contributed by atoms with Gasteiger partial charge in [-0.05, 0) is 49.8 Å². The van der Waals surface area contributed by atoms with E-state index in [9.17, 15) is 13.2 Å². The number of carbonyl (C=O) groups is 1. The van der Waals surface area contributed by atoms with Crippen LogP contribution in [0.2, 0.25) is 0 Å². The number of aryl methyl sites for hydroxylation is 1. The highest BCUT2D eigenvalue weighted by Gasteiger charge is 2.17. The summed E-state index contributed by atoms with van der Waals surface area (Å²) in [7, 11) is -0.607. The highest BCUT2D eigenvalue weighted by atomic mass is 32.2. The van der Waals surface area contributed by atoms with E-state index in [2.05, 4.69) is 5.10 Å². The number of hydrogen-bond donors (Lipinski definition) is 0. The van der Waals surface area contributed by atoms with Gasteiger partial charge in [0.1, 0.15) is 6.61 Å². The van der Waals surface area contributed by atoms with Gasteiger partial charge in [-0.2, -0.15) is 5.10 Å². The van der Waals surface area contributed by atoms with E-state index in [0.717, 1.165) is 26.9 Å². The van der Waals surface area contributed by atoms with Gasteiger partial charge in [-0.15, -0.1) is 0 Å². The Morgan fingerprint density at radius 3 is 2.48 bits per heavy atom. The van der Waals surface area contributed by atoms with E-state index in [-0.39, 0.29) is 11.5 Å². The Morgan fingerprint density at radius 1 is 1.10 bits per heavy atom. The number of rotatable bonds is 7. The van der Waals surface area contributed by atoms with Crippen LogP contribution in [-0.2, 0) is 26.2 Å². The molecule has 0 saturated carbocycles. The molecule has 0 fully saturated rings. The molecule has 0 amide bonds. The van der Waals surface area contributed by atoms with Gasteiger partial charge in [0.25, 0.3) is 0 Å². The van der Waals surface area contributed by atoms with Crippen molar-refractivity contribution in [3.63, 3.8) is 0 Å². The number of hydrogen-bond acceptors (Lipinski definition) is 5. The van der Waals surface area contributed by atoms with Crippen LogP contribution < -0.4 is 0 Å². The second-order valence-corrected chi connectivity index (χ2v) is 9.36. The van der Waals surface area contributed by atoms with Crippen molar-refractivity contribution in [3.05, 3.63) is 83.2 Å². The second kappa shape index (κ2) is 9.28. The Bertz CT molecular complexity index is 1210. The lowest BCUT2D eigenvalue weighted by molar-refractivity contribution is -0.138. The minimum atomic E-state index is -3.54. The van der Waals surface area contributed by atoms with Crippen molar-refractivity contribution in [3.8, 4) is 5.69 Å². The highest BCUT2D eigenvalue weighted by molar-refractivity contribution is 7.89. The summed E-state index contributed by atoms with van der Waals surface area (Å²) in [5.74, 6) is -0.521. The first-order valence-electron chi connectivity index (χ1n) is 9.68. The van der Waals surface area contributed by atoms with Gasteiger partial charge in [-0.1, -0.05) is 30.3 Å². The first-order chi connectivity index (χ1) is 14.7. The zero-order chi connectivity index (χ0) is 22.6. The Balaban J connectivity index is 1.69. The van der Waals surface area contributed by atoms with Crippen molar-refractivity contribution in [1.82, 2.24) is 14.1 Å². The fraction of sp³-hybridized carbons (Fsp3) is 0.217. The Labute approximate surface area is 182 Å². The van der Waals surface area contributed by atoms with E-state index in [4.69, 9.17) is 4.74 Å². The molecule has 3 rings (SSSR count). The normalized spacial score (nSPS) is 11.9. The zero-order valence-electron chi connectivity index (χ0n) is 17.9. The van der Waals surface area contributed by atoms with Crippen LogP contribution in [0.1, 0.15) is 22.5 Å². The number of sulfonamides is 1. The van der Waals surface area contributed by atoms with Crippen molar-refractivity contribution in [1.29, 1.82) is 0 Å². The van der Waals surface area contributed by atoms with Gasteiger partial charge < -0.3 is 4.74 Å². The smallest absolute Gasteiger partial charge is 0.331 e. The van der Waals surface area contributed by atoms with Crippen LogP contribution in [0.4, 0.5) is 0 Å². The first-order valence-corrected chi connectivity index (χ1v) is 11.1. The standard InChI is InChI=1S/C23H25N3O4S/c1-17-22(18(2)26(24-17)20-10-6-5-7-11-20)13-14-23(27)30-16-19-9-8-12-21(15-19)31(28,29)25(3)4/h5-15H,16H2,1-4H3/b14-13+. The van der Waals surface area contributed by atoms with Crippen LogP contribution in [0.3, 0.4) is 0 Å². The molecule has 162 valence electrons. The summed E-state index contributed by atoms with van der Waals surface area (Å²) in [6.45, 7) is 3.80. The van der Waals surface area contributed by atoms with Crippen molar-refractivity contribution in [2.24, 2.45) is 0 Å². The lowest BCUT2D eigenvalue weighted by Crippen LogP contribution is -2.22. The van der Waals surface area contributed by atoms with E-state index < -0.39 is 16.0 Å². The quantitative estimate of drug-likeness (QED) is 0.416. The average Bonchev–Trinajstić information content (AvgIpc) is 3.05. The van der Waals surface area contributed by atoms with Crippen LogP contribution in [0.5, 0.6) is 0 Å². The summed E-state index contributed by atoms with van der Waals surface area (Å²) >= 11 is 0. The van der Waals surface area contributed by atoms with Crippen LogP contribution in [0, 0.1) is 13.8 Å². The van der Waals surface area contributed by atoms with Gasteiger partial charge in [0, 0.05) is 31.4 Å². The molecule has 0 radical (unpaired) electrons. The maximum absolute atomic E-state index is 12.2. The second-order valence-electron chi connectivity index (χ2n) is 7.21. The largest absolute Gasteiger partial charge is 0.458 e. The summed E-state index contributed by atoms with van der Waals surface area (Å²) in [6.07, 6.45) is 3.04. The van der Waals surface area contributed by atoms with Gasteiger partial charge in [0.15, 0.2) is 0 Å². The van der Waals surface area contributed by atoms with Crippen molar-refractivity contribution >= 4 is 22.1 Å². The Hall–Kier alpha value is -3.23. The van der Waals surface area contributed by atoms with Crippen molar-refractivity contribution < 1.29 is 17.9 Å². The van der Waals surface area contributed by atoms with Gasteiger partial charge in [0.05, 0.1) is 16.3 Å². The molecule has 0 aliphatic carbocycles. The number of para-hydroxylation sites is 1. The number of nitrogens with zero attached hydrogens (tertiary/aromatic N) is 3. The summed E-state index contributed by atoms with van der Waals surface area (Å²) in [4.78, 5) is 12.4. The maximum atomic E-state index is 12.2. The van der Waals surface area contributed by atoms with Gasteiger partial charge in [-0.3, -0.25) is 0 Å². The van der Waals surface area contributed by atoms with Gasteiger partial charge in [0.2, 0.25) is 10.0 Å². The Kier molecular flexibility index (Phi) is 6.72. The van der Waals surface area contributed by atoms with Gasteiger partial charge in [-0.25, -0.2) is 22.2 Å². The van der Waals surface area contributed by atoms with E-state index in [1.165, 1.54) is 32.3 Å². The predicted molar refractivity (Wildman–Crippen MR) is 119 cm³/mol. The molecule has 3 aromatic rings. The number of aromatic nitrogens is 2. The monoisotopic (exact) mass is 439 g/mol. The Morgan fingerprint density at radius 2 is 1.81 bits per heavy atom. The third kappa shape index (κ3) is 5.10. The molecule has 0 unspecified atom stereocenters. The van der Waals surface area contributed by atoms with Crippen LogP contribution in [0.15, 0.2) is 65.6 Å². The average molecular weight is 440 g/mol. The van der Waals surface area contributed by atoms with E-state index in [1.807, 2.05) is 48.9 Å². The molecule has 0 aliphatic heterocycles. The zero-order valence-corrected chi connectivity index (χ0v) is 18.8. The molecule has 0 atom stereocenters. The number of carbonyl (C=O) groups excluding carboxylic acids is 1. The first kappa shape index (κ1) is 22.5. The third-order valence-electron chi connectivity index (χ3n) is 4.79. The topological polar surface area (TPSA) is 81.5 Å². The lowest BCUT2D eigenvalue weighted by Gasteiger charge is -2.12. The van der Waals surface area contributed by atoms with Crippen LogP contribution in [0.25, 0.3) is 11.8 Å². The summed E-state index contributed by atoms with van der Waals surface area (Å²) in [5, 5.41) is 4.55. The summed E-state index contributed by atoms with van der Waals surface area (Å²) in [6, 6.07) is 16.1. The van der Waals surface area contributed by atoms with E-state index in [1.54, 1.807) is 18.2 Å². The molecule has 0 aliphatic rings. The van der Waals surface area contributed by atoms with E-state index >= 15 is 0 Å². The third-order valence-corrected chi connectivity index (χ3v) is 6.60. The molecule has 2 aromatic carbocycles. The van der Waals surface area contributed by atoms with Crippen LogP contribution in [-0.4, -0.2) is 42.6 Å². The number of benzene rings is 2. The molecule has 7 nitrogen and oxygen atoms in total. The van der Waals surface area contributed by atoms with Gasteiger partial charge >= 0.3 is 5.97 Å². The number of ether oxygens (including phenoxy) is 1. The summed E-state index contributed by atoms with van der Waals surface area (Å²) in [5.41, 5.74) is 4.09. The molecule has 1 aromatic heterocycles. The molecule has 0 spiro atoms. The minimum Gasteiger partial charge on any atom is -0.458 e.